The minimum absolute atomic E-state index is 0. The monoisotopic (exact) mass is 214 g/mol. The van der Waals surface area contributed by atoms with E-state index >= 15 is 0 Å². The van der Waals surface area contributed by atoms with Crippen molar-refractivity contribution in [2.75, 3.05) is 0 Å². The smallest absolute Gasteiger partial charge is 0.0791 e. The van der Waals surface area contributed by atoms with Crippen LogP contribution in [0.1, 0.15) is 0 Å². The van der Waals surface area contributed by atoms with Crippen molar-refractivity contribution in [1.29, 1.82) is 0 Å². The van der Waals surface area contributed by atoms with Crippen molar-refractivity contribution in [3.05, 3.63) is 37.8 Å². The fourth-order valence-electron chi connectivity index (χ4n) is 0.771. The van der Waals surface area contributed by atoms with Crippen LogP contribution >= 0.6 is 0 Å². The summed E-state index contributed by atoms with van der Waals surface area (Å²) in [5.74, 6) is 0. The summed E-state index contributed by atoms with van der Waals surface area (Å²) in [4.78, 5) is 0. The van der Waals surface area contributed by atoms with Crippen molar-refractivity contribution in [1.82, 2.24) is 0 Å². The first-order valence-electron chi connectivity index (χ1n) is 3.16. The summed E-state index contributed by atoms with van der Waals surface area (Å²) in [6.07, 6.45) is 0. The summed E-state index contributed by atoms with van der Waals surface area (Å²) < 4.78 is 0. The SMILES string of the molecule is C[Si](C)c1ccccc1.[CH3-].[Zn]. The van der Waals surface area contributed by atoms with E-state index in [2.05, 4.69) is 43.4 Å². The molecule has 2 heteroatoms. The Bertz CT molecular complexity index is 172. The van der Waals surface area contributed by atoms with E-state index in [1.165, 1.54) is 5.19 Å². The van der Waals surface area contributed by atoms with Gasteiger partial charge in [0.1, 0.15) is 0 Å². The van der Waals surface area contributed by atoms with Crippen LogP contribution in [0, 0.1) is 7.43 Å². The standard InChI is InChI=1S/C8H11Si.CH3.Zn/c1-9(2)8-6-4-3-5-7-8;;/h3-7H,1-2H3;1H3;/q;-1;. The molecular formula is C9H14SiZn-. The zero-order valence-electron chi connectivity index (χ0n) is 7.59. The molecule has 1 rings (SSSR count). The van der Waals surface area contributed by atoms with E-state index in [-0.39, 0.29) is 35.7 Å². The van der Waals surface area contributed by atoms with E-state index in [4.69, 9.17) is 0 Å². The maximum Gasteiger partial charge on any atom is 0.0791 e. The Morgan fingerprint density at radius 2 is 1.45 bits per heavy atom. The van der Waals surface area contributed by atoms with Gasteiger partial charge < -0.3 is 7.43 Å². The Hall–Kier alpha value is 0.0603. The predicted molar refractivity (Wildman–Crippen MR) is 50.0 cm³/mol. The number of rotatable bonds is 1. The summed E-state index contributed by atoms with van der Waals surface area (Å²) in [5.41, 5.74) is 0. The van der Waals surface area contributed by atoms with E-state index in [0.29, 0.717) is 0 Å². The molecule has 0 amide bonds. The molecule has 0 spiro atoms. The molecule has 1 aromatic rings. The second kappa shape index (κ2) is 6.75. The van der Waals surface area contributed by atoms with Gasteiger partial charge in [-0.05, 0) is 0 Å². The van der Waals surface area contributed by atoms with Crippen LogP contribution < -0.4 is 5.19 Å². The average molecular weight is 216 g/mol. The van der Waals surface area contributed by atoms with Crippen molar-refractivity contribution < 1.29 is 19.5 Å². The fraction of sp³-hybridized carbons (Fsp3) is 0.222. The Balaban J connectivity index is 0. The third kappa shape index (κ3) is 4.49. The van der Waals surface area contributed by atoms with E-state index in [1.54, 1.807) is 0 Å². The van der Waals surface area contributed by atoms with E-state index in [9.17, 15) is 0 Å². The Labute approximate surface area is 84.4 Å². The van der Waals surface area contributed by atoms with Gasteiger partial charge in [0.15, 0.2) is 0 Å². The van der Waals surface area contributed by atoms with Crippen molar-refractivity contribution in [2.45, 2.75) is 13.1 Å². The fourth-order valence-corrected chi connectivity index (χ4v) is 1.63. The summed E-state index contributed by atoms with van der Waals surface area (Å²) in [5, 5.41) is 1.52. The minimum atomic E-state index is -0.212. The summed E-state index contributed by atoms with van der Waals surface area (Å²) in [6, 6.07) is 10.7. The molecule has 0 aliphatic carbocycles. The predicted octanol–water partition coefficient (Wildman–Crippen LogP) is 2.10. The van der Waals surface area contributed by atoms with Crippen LogP contribution in [-0.2, 0) is 19.5 Å². The van der Waals surface area contributed by atoms with Gasteiger partial charge in [0.05, 0.1) is 8.80 Å². The summed E-state index contributed by atoms with van der Waals surface area (Å²) in [7, 11) is -0.212. The van der Waals surface area contributed by atoms with Gasteiger partial charge in [-0.1, -0.05) is 48.6 Å². The summed E-state index contributed by atoms with van der Waals surface area (Å²) in [6.45, 7) is 4.61. The molecule has 11 heavy (non-hydrogen) atoms. The van der Waals surface area contributed by atoms with E-state index < -0.39 is 0 Å². The first-order valence-corrected chi connectivity index (χ1v) is 5.66. The number of hydrogen-bond acceptors (Lipinski definition) is 0. The molecule has 0 aliphatic heterocycles. The third-order valence-corrected chi connectivity index (χ3v) is 2.84. The van der Waals surface area contributed by atoms with Crippen LogP contribution in [0.5, 0.6) is 0 Å². The molecule has 0 heterocycles. The molecule has 0 aromatic heterocycles. The van der Waals surface area contributed by atoms with Crippen LogP contribution in [0.3, 0.4) is 0 Å². The van der Waals surface area contributed by atoms with E-state index in [1.807, 2.05) is 0 Å². The molecule has 0 saturated carbocycles. The quantitative estimate of drug-likeness (QED) is 0.497. The van der Waals surface area contributed by atoms with Gasteiger partial charge in [0.25, 0.3) is 0 Å². The molecule has 1 aromatic carbocycles. The molecule has 0 nitrogen and oxygen atoms in total. The molecular weight excluding hydrogens is 202 g/mol. The largest absolute Gasteiger partial charge is 0.358 e. The first-order chi connectivity index (χ1) is 4.30. The van der Waals surface area contributed by atoms with Gasteiger partial charge in [0.2, 0.25) is 0 Å². The second-order valence-corrected chi connectivity index (χ2v) is 4.94. The van der Waals surface area contributed by atoms with Gasteiger partial charge >= 0.3 is 0 Å². The van der Waals surface area contributed by atoms with Gasteiger partial charge in [-0.3, -0.25) is 0 Å². The van der Waals surface area contributed by atoms with Gasteiger partial charge in [-0.15, -0.1) is 0 Å². The maximum absolute atomic E-state index is 2.31. The van der Waals surface area contributed by atoms with Gasteiger partial charge in [-0.25, -0.2) is 0 Å². The molecule has 1 radical (unpaired) electrons. The first kappa shape index (κ1) is 13.6. The summed E-state index contributed by atoms with van der Waals surface area (Å²) >= 11 is 0. The Morgan fingerprint density at radius 1 is 1.00 bits per heavy atom. The molecule has 0 N–H and O–H groups in total. The maximum atomic E-state index is 2.31. The van der Waals surface area contributed by atoms with Crippen LogP contribution in [0.4, 0.5) is 0 Å². The van der Waals surface area contributed by atoms with Crippen molar-refractivity contribution >= 4 is 14.0 Å². The minimum Gasteiger partial charge on any atom is -0.358 e. The van der Waals surface area contributed by atoms with Crippen LogP contribution in [0.15, 0.2) is 30.3 Å². The number of hydrogen-bond donors (Lipinski definition) is 0. The van der Waals surface area contributed by atoms with Crippen molar-refractivity contribution in [3.8, 4) is 0 Å². The zero-order chi connectivity index (χ0) is 6.69. The van der Waals surface area contributed by atoms with Crippen LogP contribution in [0.2, 0.25) is 13.1 Å². The molecule has 57 valence electrons. The Morgan fingerprint density at radius 3 is 1.73 bits per heavy atom. The van der Waals surface area contributed by atoms with Crippen molar-refractivity contribution in [2.24, 2.45) is 0 Å². The van der Waals surface area contributed by atoms with E-state index in [0.717, 1.165) is 0 Å². The van der Waals surface area contributed by atoms with Gasteiger partial charge in [-0.2, -0.15) is 0 Å². The second-order valence-electron chi connectivity index (χ2n) is 2.37. The van der Waals surface area contributed by atoms with Crippen LogP contribution in [0.25, 0.3) is 0 Å². The van der Waals surface area contributed by atoms with Crippen molar-refractivity contribution in [3.63, 3.8) is 0 Å². The van der Waals surface area contributed by atoms with Crippen LogP contribution in [-0.4, -0.2) is 8.80 Å². The van der Waals surface area contributed by atoms with Gasteiger partial charge in [0, 0.05) is 19.5 Å². The molecule has 0 fully saturated rings. The number of benzene rings is 1. The zero-order valence-corrected chi connectivity index (χ0v) is 11.6. The average Bonchev–Trinajstić information content (AvgIpc) is 1.90. The topological polar surface area (TPSA) is 0 Å². The Kier molecular flexibility index (Phi) is 8.37. The molecule has 0 saturated heterocycles. The molecule has 0 aliphatic rings. The molecule has 0 atom stereocenters. The normalized spacial score (nSPS) is 8.27. The third-order valence-electron chi connectivity index (χ3n) is 1.35. The molecule has 0 bridgehead atoms. The molecule has 0 unspecified atom stereocenters.